The van der Waals surface area contributed by atoms with E-state index in [-0.39, 0.29) is 17.5 Å². The molecule has 5 heteroatoms. The Labute approximate surface area is 162 Å². The zero-order valence-electron chi connectivity index (χ0n) is 14.9. The molecule has 0 bridgehead atoms. The third-order valence-corrected chi connectivity index (χ3v) is 5.20. The molecule has 4 rings (SSSR count). The number of nitrogens with zero attached hydrogens (tertiary/aromatic N) is 1. The van der Waals surface area contributed by atoms with Gasteiger partial charge >= 0.3 is 0 Å². The van der Waals surface area contributed by atoms with Gasteiger partial charge in [-0.1, -0.05) is 29.3 Å². The van der Waals surface area contributed by atoms with Crippen LogP contribution in [0.2, 0.25) is 5.02 Å². The number of hydrogen-bond acceptors (Lipinski definition) is 3. The summed E-state index contributed by atoms with van der Waals surface area (Å²) < 4.78 is 1.83. The second kappa shape index (κ2) is 7.05. The van der Waals surface area contributed by atoms with Crippen LogP contribution in [0.4, 0.5) is 5.69 Å². The first-order valence-corrected chi connectivity index (χ1v) is 9.25. The van der Waals surface area contributed by atoms with E-state index >= 15 is 0 Å². The number of aryl methyl sites for hydroxylation is 1. The number of hydrogen-bond donors (Lipinski definition) is 1. The van der Waals surface area contributed by atoms with Crippen molar-refractivity contribution in [1.82, 2.24) is 4.57 Å². The number of halogens is 1. The zero-order chi connectivity index (χ0) is 19.0. The van der Waals surface area contributed by atoms with Crippen molar-refractivity contribution in [2.75, 3.05) is 11.9 Å². The summed E-state index contributed by atoms with van der Waals surface area (Å²) >= 11 is 5.90. The van der Waals surface area contributed by atoms with Crippen LogP contribution >= 0.6 is 11.6 Å². The van der Waals surface area contributed by atoms with Crippen molar-refractivity contribution < 1.29 is 9.59 Å². The van der Waals surface area contributed by atoms with Gasteiger partial charge in [-0.2, -0.15) is 0 Å². The van der Waals surface area contributed by atoms with Gasteiger partial charge in [0.1, 0.15) is 0 Å². The van der Waals surface area contributed by atoms with E-state index in [1.165, 1.54) is 5.56 Å². The lowest BCUT2D eigenvalue weighted by molar-refractivity contribution is 0.0941. The van der Waals surface area contributed by atoms with Gasteiger partial charge in [0.15, 0.2) is 5.78 Å². The number of fused-ring (bicyclic) bond motifs is 1. The highest BCUT2D eigenvalue weighted by molar-refractivity contribution is 6.30. The first-order valence-electron chi connectivity index (χ1n) is 8.87. The number of carbonyl (C=O) groups is 2. The smallest absolute Gasteiger partial charge is 0.209 e. The normalized spacial score (nSPS) is 15.6. The number of rotatable bonds is 5. The van der Waals surface area contributed by atoms with Crippen LogP contribution in [-0.2, 0) is 6.54 Å². The van der Waals surface area contributed by atoms with Gasteiger partial charge in [0.05, 0.1) is 17.3 Å². The first-order chi connectivity index (χ1) is 13.0. The van der Waals surface area contributed by atoms with Crippen LogP contribution < -0.4 is 5.32 Å². The highest BCUT2D eigenvalue weighted by Crippen LogP contribution is 2.26. The maximum atomic E-state index is 12.8. The molecular weight excluding hydrogens is 360 g/mol. The van der Waals surface area contributed by atoms with Crippen molar-refractivity contribution in [2.24, 2.45) is 5.92 Å². The van der Waals surface area contributed by atoms with Gasteiger partial charge < -0.3 is 9.88 Å². The molecule has 0 amide bonds. The van der Waals surface area contributed by atoms with Crippen LogP contribution in [0.15, 0.2) is 60.7 Å². The van der Waals surface area contributed by atoms with Crippen LogP contribution in [0.3, 0.4) is 0 Å². The van der Waals surface area contributed by atoms with Crippen molar-refractivity contribution in [1.29, 1.82) is 0 Å². The highest BCUT2D eigenvalue weighted by Gasteiger charge is 2.33. The molecule has 0 spiro atoms. The number of aromatic nitrogens is 1. The van der Waals surface area contributed by atoms with Crippen molar-refractivity contribution in [3.63, 3.8) is 0 Å². The summed E-state index contributed by atoms with van der Waals surface area (Å²) in [4.78, 5) is 25.5. The lowest BCUT2D eigenvalue weighted by atomic mass is 10.0. The maximum absolute atomic E-state index is 12.8. The second-order valence-corrected chi connectivity index (χ2v) is 7.29. The fourth-order valence-electron chi connectivity index (χ4n) is 3.41. The van der Waals surface area contributed by atoms with E-state index in [2.05, 4.69) is 5.32 Å². The van der Waals surface area contributed by atoms with Gasteiger partial charge in [-0.15, -0.1) is 0 Å². The first kappa shape index (κ1) is 17.6. The topological polar surface area (TPSA) is 51.1 Å². The van der Waals surface area contributed by atoms with Gasteiger partial charge in [0, 0.05) is 29.4 Å². The molecule has 1 atom stereocenters. The molecule has 1 aliphatic rings. The molecule has 2 aromatic carbocycles. The predicted molar refractivity (Wildman–Crippen MR) is 107 cm³/mol. The van der Waals surface area contributed by atoms with E-state index in [0.717, 1.165) is 5.69 Å². The second-order valence-electron chi connectivity index (χ2n) is 6.86. The van der Waals surface area contributed by atoms with Crippen molar-refractivity contribution in [3.05, 3.63) is 88.2 Å². The van der Waals surface area contributed by atoms with Gasteiger partial charge in [-0.05, 0) is 55.5 Å². The maximum Gasteiger partial charge on any atom is 0.209 e. The number of anilines is 1. The number of ketones is 2. The Morgan fingerprint density at radius 3 is 2.48 bits per heavy atom. The quantitative estimate of drug-likeness (QED) is 0.660. The largest absolute Gasteiger partial charge is 0.384 e. The number of nitrogens with one attached hydrogen (secondary N) is 1. The number of benzene rings is 2. The van der Waals surface area contributed by atoms with E-state index in [0.29, 0.717) is 35.1 Å². The molecule has 1 aliphatic heterocycles. The minimum Gasteiger partial charge on any atom is -0.384 e. The monoisotopic (exact) mass is 378 g/mol. The van der Waals surface area contributed by atoms with E-state index < -0.39 is 0 Å². The summed E-state index contributed by atoms with van der Waals surface area (Å²) in [6.07, 6.45) is 0. The molecule has 27 heavy (non-hydrogen) atoms. The van der Waals surface area contributed by atoms with E-state index in [1.807, 2.05) is 35.8 Å². The Kier molecular flexibility index (Phi) is 4.58. The Bertz CT molecular complexity index is 1000. The molecule has 0 fully saturated rings. The fraction of sp³-hybridized carbons (Fsp3) is 0.182. The predicted octanol–water partition coefficient (Wildman–Crippen LogP) is 4.61. The minimum absolute atomic E-state index is 0.0739. The third-order valence-electron chi connectivity index (χ3n) is 4.95. The zero-order valence-corrected chi connectivity index (χ0v) is 15.7. The van der Waals surface area contributed by atoms with Crippen molar-refractivity contribution in [2.45, 2.75) is 13.5 Å². The standard InChI is InChI=1S/C22H19ClN2O2/c1-14-2-8-18(9-3-14)24-12-16-13-25-19(10-11-20(25)22(16)27)21(26)15-4-6-17(23)7-5-15/h2-11,16,24H,12-13H2,1H3/t16-/m0/s1. The SMILES string of the molecule is Cc1ccc(NC[C@H]2Cn3c(C(=O)c4ccc(Cl)cc4)ccc3C2=O)cc1. The van der Waals surface area contributed by atoms with Crippen LogP contribution in [0.25, 0.3) is 0 Å². The van der Waals surface area contributed by atoms with E-state index in [4.69, 9.17) is 11.6 Å². The number of Topliss-reactive ketones (excluding diaryl/α,β-unsaturated/α-hetero) is 1. The molecule has 0 aliphatic carbocycles. The molecule has 2 heterocycles. The third kappa shape index (κ3) is 3.40. The molecule has 136 valence electrons. The molecule has 1 aromatic heterocycles. The average Bonchev–Trinajstić information content (AvgIpc) is 3.22. The lowest BCUT2D eigenvalue weighted by Gasteiger charge is -2.12. The summed E-state index contributed by atoms with van der Waals surface area (Å²) in [5, 5.41) is 3.91. The molecule has 0 radical (unpaired) electrons. The minimum atomic E-state index is -0.181. The Hall–Kier alpha value is -2.85. The molecule has 0 saturated carbocycles. The highest BCUT2D eigenvalue weighted by atomic mass is 35.5. The lowest BCUT2D eigenvalue weighted by Crippen LogP contribution is -2.21. The van der Waals surface area contributed by atoms with E-state index in [9.17, 15) is 9.59 Å². The summed E-state index contributed by atoms with van der Waals surface area (Å²) in [6, 6.07) is 18.4. The Balaban J connectivity index is 1.50. The summed E-state index contributed by atoms with van der Waals surface area (Å²) in [5.41, 5.74) is 3.89. The summed E-state index contributed by atoms with van der Waals surface area (Å²) in [5.74, 6) is -0.207. The van der Waals surface area contributed by atoms with Crippen LogP contribution in [0.5, 0.6) is 0 Å². The molecule has 1 N–H and O–H groups in total. The molecular formula is C22H19ClN2O2. The molecule has 0 saturated heterocycles. The van der Waals surface area contributed by atoms with Gasteiger partial charge in [0.25, 0.3) is 0 Å². The summed E-state index contributed by atoms with van der Waals surface area (Å²) in [6.45, 7) is 3.09. The molecule has 0 unspecified atom stereocenters. The van der Waals surface area contributed by atoms with Gasteiger partial charge in [-0.25, -0.2) is 0 Å². The summed E-state index contributed by atoms with van der Waals surface area (Å²) in [7, 11) is 0. The van der Waals surface area contributed by atoms with Gasteiger partial charge in [-0.3, -0.25) is 9.59 Å². The van der Waals surface area contributed by atoms with Crippen molar-refractivity contribution in [3.8, 4) is 0 Å². The fourth-order valence-corrected chi connectivity index (χ4v) is 3.53. The van der Waals surface area contributed by atoms with Crippen LogP contribution in [-0.4, -0.2) is 22.7 Å². The Morgan fingerprint density at radius 1 is 1.07 bits per heavy atom. The molecule has 3 aromatic rings. The molecule has 4 nitrogen and oxygen atoms in total. The average molecular weight is 379 g/mol. The van der Waals surface area contributed by atoms with Crippen LogP contribution in [0, 0.1) is 12.8 Å². The van der Waals surface area contributed by atoms with Gasteiger partial charge in [0.2, 0.25) is 5.78 Å². The van der Waals surface area contributed by atoms with Crippen LogP contribution in [0.1, 0.15) is 32.1 Å². The van der Waals surface area contributed by atoms with E-state index in [1.54, 1.807) is 36.4 Å². The van der Waals surface area contributed by atoms with Crippen molar-refractivity contribution >= 4 is 28.9 Å². The Morgan fingerprint density at radius 2 is 1.78 bits per heavy atom. The number of carbonyl (C=O) groups excluding carboxylic acids is 2.